The van der Waals surface area contributed by atoms with Crippen molar-refractivity contribution in [1.29, 1.82) is 0 Å². The fraction of sp³-hybridized carbons (Fsp3) is 0.455. The summed E-state index contributed by atoms with van der Waals surface area (Å²) in [5.74, 6) is 0. The second-order valence-electron chi connectivity index (χ2n) is 3.46. The highest BCUT2D eigenvalue weighted by Gasteiger charge is 2.18. The van der Waals surface area contributed by atoms with Crippen LogP contribution < -0.4 is 0 Å². The number of unbranched alkanes of at least 4 members (excludes halogenated alkanes) is 1. The van der Waals surface area contributed by atoms with E-state index in [0.717, 1.165) is 11.9 Å². The SMILES string of the molecule is BrCCCCN1Cc2ccccc2S1. The molecule has 0 saturated heterocycles. The van der Waals surface area contributed by atoms with E-state index in [1.54, 1.807) is 0 Å². The molecule has 0 atom stereocenters. The van der Waals surface area contributed by atoms with Gasteiger partial charge in [-0.15, -0.1) is 0 Å². The van der Waals surface area contributed by atoms with Crippen LogP contribution in [0.25, 0.3) is 0 Å². The first-order valence-electron chi connectivity index (χ1n) is 4.97. The molecule has 0 aromatic heterocycles. The van der Waals surface area contributed by atoms with Gasteiger partial charge in [-0.3, -0.25) is 0 Å². The largest absolute Gasteiger partial charge is 0.242 e. The average molecular weight is 272 g/mol. The molecule has 1 aliphatic heterocycles. The van der Waals surface area contributed by atoms with Crippen LogP contribution in [0.2, 0.25) is 0 Å². The van der Waals surface area contributed by atoms with Crippen molar-refractivity contribution >= 4 is 27.9 Å². The maximum Gasteiger partial charge on any atom is 0.0355 e. The van der Waals surface area contributed by atoms with Crippen LogP contribution >= 0.6 is 27.9 Å². The molecule has 1 aliphatic rings. The Labute approximate surface area is 98.1 Å². The Hall–Kier alpha value is 0.01000. The van der Waals surface area contributed by atoms with Crippen LogP contribution in [0.3, 0.4) is 0 Å². The maximum absolute atomic E-state index is 3.46. The van der Waals surface area contributed by atoms with E-state index < -0.39 is 0 Å². The summed E-state index contributed by atoms with van der Waals surface area (Å²) in [6, 6.07) is 8.69. The molecule has 0 N–H and O–H groups in total. The molecule has 0 spiro atoms. The Morgan fingerprint density at radius 2 is 2.14 bits per heavy atom. The summed E-state index contributed by atoms with van der Waals surface area (Å²) in [7, 11) is 0. The molecule has 1 aromatic carbocycles. The van der Waals surface area contributed by atoms with Gasteiger partial charge in [-0.2, -0.15) is 0 Å². The summed E-state index contributed by atoms with van der Waals surface area (Å²) in [4.78, 5) is 1.44. The second-order valence-corrected chi connectivity index (χ2v) is 5.39. The van der Waals surface area contributed by atoms with Crippen molar-refractivity contribution in [2.24, 2.45) is 0 Å². The van der Waals surface area contributed by atoms with Gasteiger partial charge in [0.2, 0.25) is 0 Å². The smallest absolute Gasteiger partial charge is 0.0355 e. The highest BCUT2D eigenvalue weighted by atomic mass is 79.9. The Morgan fingerprint density at radius 3 is 2.93 bits per heavy atom. The molecule has 1 heterocycles. The van der Waals surface area contributed by atoms with Crippen molar-refractivity contribution in [2.75, 3.05) is 11.9 Å². The van der Waals surface area contributed by atoms with Crippen LogP contribution in [0.4, 0.5) is 0 Å². The molecule has 3 heteroatoms. The minimum Gasteiger partial charge on any atom is -0.242 e. The van der Waals surface area contributed by atoms with Gasteiger partial charge in [-0.05, 0) is 36.4 Å². The third-order valence-corrected chi connectivity index (χ3v) is 4.06. The molecule has 1 nitrogen and oxygen atoms in total. The zero-order valence-corrected chi connectivity index (χ0v) is 10.5. The number of benzene rings is 1. The normalized spacial score (nSPS) is 15.8. The Bertz CT molecular complexity index is 278. The lowest BCUT2D eigenvalue weighted by molar-refractivity contribution is 0.465. The van der Waals surface area contributed by atoms with E-state index in [-0.39, 0.29) is 0 Å². The fourth-order valence-corrected chi connectivity index (χ4v) is 3.08. The highest BCUT2D eigenvalue weighted by molar-refractivity contribution is 9.09. The van der Waals surface area contributed by atoms with E-state index in [4.69, 9.17) is 0 Å². The number of rotatable bonds is 4. The summed E-state index contributed by atoms with van der Waals surface area (Å²) < 4.78 is 2.45. The molecular weight excluding hydrogens is 258 g/mol. The number of nitrogens with zero attached hydrogens (tertiary/aromatic N) is 1. The predicted molar refractivity (Wildman–Crippen MR) is 65.7 cm³/mol. The Morgan fingerprint density at radius 1 is 1.29 bits per heavy atom. The summed E-state index contributed by atoms with van der Waals surface area (Å²) in [5, 5.41) is 1.12. The molecule has 0 aliphatic carbocycles. The van der Waals surface area contributed by atoms with E-state index in [0.29, 0.717) is 0 Å². The van der Waals surface area contributed by atoms with Gasteiger partial charge >= 0.3 is 0 Å². The van der Waals surface area contributed by atoms with Crippen molar-refractivity contribution in [3.8, 4) is 0 Å². The van der Waals surface area contributed by atoms with Crippen molar-refractivity contribution in [3.63, 3.8) is 0 Å². The standard InChI is InChI=1S/C11H14BrNS/c12-7-3-4-8-13-9-10-5-1-2-6-11(10)14-13/h1-2,5-6H,3-4,7-9H2. The van der Waals surface area contributed by atoms with Crippen LogP contribution in [-0.4, -0.2) is 16.2 Å². The van der Waals surface area contributed by atoms with Gasteiger partial charge in [-0.25, -0.2) is 4.31 Å². The minimum atomic E-state index is 1.11. The topological polar surface area (TPSA) is 3.24 Å². The van der Waals surface area contributed by atoms with E-state index >= 15 is 0 Å². The number of alkyl halides is 1. The summed E-state index contributed by atoms with van der Waals surface area (Å²) >= 11 is 5.37. The van der Waals surface area contributed by atoms with Crippen molar-refractivity contribution in [3.05, 3.63) is 29.8 Å². The quantitative estimate of drug-likeness (QED) is 0.467. The monoisotopic (exact) mass is 271 g/mol. The molecule has 2 rings (SSSR count). The van der Waals surface area contributed by atoms with Gasteiger partial charge in [0.25, 0.3) is 0 Å². The molecule has 1 aromatic rings. The van der Waals surface area contributed by atoms with E-state index in [1.807, 2.05) is 11.9 Å². The number of hydrogen-bond donors (Lipinski definition) is 0. The summed E-state index contributed by atoms with van der Waals surface area (Å²) in [5.41, 5.74) is 1.48. The maximum atomic E-state index is 3.46. The van der Waals surface area contributed by atoms with Gasteiger partial charge in [0.1, 0.15) is 0 Å². The van der Waals surface area contributed by atoms with Crippen LogP contribution in [-0.2, 0) is 6.54 Å². The molecule has 0 radical (unpaired) electrons. The first-order valence-corrected chi connectivity index (χ1v) is 6.86. The lowest BCUT2D eigenvalue weighted by Gasteiger charge is -2.11. The molecule has 76 valence electrons. The second kappa shape index (κ2) is 5.19. The Kier molecular flexibility index (Phi) is 3.90. The highest BCUT2D eigenvalue weighted by Crippen LogP contribution is 2.35. The van der Waals surface area contributed by atoms with Gasteiger partial charge in [-0.1, -0.05) is 34.1 Å². The van der Waals surface area contributed by atoms with Crippen molar-refractivity contribution in [2.45, 2.75) is 24.3 Å². The van der Waals surface area contributed by atoms with E-state index in [2.05, 4.69) is 44.5 Å². The summed E-state index contributed by atoms with van der Waals surface area (Å²) in [6.45, 7) is 2.31. The predicted octanol–water partition coefficient (Wildman–Crippen LogP) is 3.68. The third kappa shape index (κ3) is 2.53. The van der Waals surface area contributed by atoms with Crippen LogP contribution in [0.5, 0.6) is 0 Å². The van der Waals surface area contributed by atoms with E-state index in [9.17, 15) is 0 Å². The molecule has 0 amide bonds. The molecule has 0 unspecified atom stereocenters. The van der Waals surface area contributed by atoms with Gasteiger partial charge in [0.05, 0.1) is 0 Å². The number of hydrogen-bond acceptors (Lipinski definition) is 2. The lowest BCUT2D eigenvalue weighted by Crippen LogP contribution is -2.11. The zero-order chi connectivity index (χ0) is 9.80. The van der Waals surface area contributed by atoms with Crippen LogP contribution in [0.1, 0.15) is 18.4 Å². The lowest BCUT2D eigenvalue weighted by atomic mass is 10.2. The summed E-state index contributed by atoms with van der Waals surface area (Å²) in [6.07, 6.45) is 2.56. The molecule has 0 fully saturated rings. The molecule has 14 heavy (non-hydrogen) atoms. The van der Waals surface area contributed by atoms with Crippen molar-refractivity contribution in [1.82, 2.24) is 4.31 Å². The first-order chi connectivity index (χ1) is 6.90. The van der Waals surface area contributed by atoms with Gasteiger partial charge < -0.3 is 0 Å². The number of fused-ring (bicyclic) bond motifs is 1. The minimum absolute atomic E-state index is 1.11. The fourth-order valence-electron chi connectivity index (χ4n) is 1.59. The molecular formula is C11H14BrNS. The van der Waals surface area contributed by atoms with Crippen LogP contribution in [0.15, 0.2) is 29.2 Å². The molecule has 0 bridgehead atoms. The van der Waals surface area contributed by atoms with Gasteiger partial charge in [0.15, 0.2) is 0 Å². The van der Waals surface area contributed by atoms with Gasteiger partial charge in [0, 0.05) is 23.3 Å². The zero-order valence-electron chi connectivity index (χ0n) is 8.08. The average Bonchev–Trinajstić information content (AvgIpc) is 2.60. The Balaban J connectivity index is 1.86. The van der Waals surface area contributed by atoms with E-state index in [1.165, 1.54) is 29.8 Å². The van der Waals surface area contributed by atoms with Crippen molar-refractivity contribution < 1.29 is 0 Å². The molecule has 0 saturated carbocycles. The number of halogens is 1. The first kappa shape index (κ1) is 10.5. The third-order valence-electron chi connectivity index (χ3n) is 2.34. The van der Waals surface area contributed by atoms with Crippen LogP contribution in [0, 0.1) is 0 Å².